The van der Waals surface area contributed by atoms with Gasteiger partial charge in [0.15, 0.2) is 6.10 Å². The number of nitrogens with zero attached hydrogens (tertiary/aromatic N) is 1. The molecule has 1 aromatic rings. The molecule has 0 aromatic heterocycles. The van der Waals surface area contributed by atoms with E-state index in [0.29, 0.717) is 5.75 Å². The van der Waals surface area contributed by atoms with E-state index in [4.69, 9.17) is 4.74 Å². The van der Waals surface area contributed by atoms with E-state index in [2.05, 4.69) is 5.32 Å². The summed E-state index contributed by atoms with van der Waals surface area (Å²) in [5, 5.41) is 13.4. The first-order chi connectivity index (χ1) is 8.69. The third-order valence-electron chi connectivity index (χ3n) is 2.21. The third kappa shape index (κ3) is 4.95. The molecule has 19 heavy (non-hydrogen) atoms. The molecule has 0 heterocycles. The summed E-state index contributed by atoms with van der Waals surface area (Å²) < 4.78 is 5.40. The second-order valence-corrected chi connectivity index (χ2v) is 5.25. The molecule has 104 valence electrons. The van der Waals surface area contributed by atoms with Gasteiger partial charge in [0.25, 0.3) is 11.6 Å². The Bertz CT molecular complexity index is 480. The van der Waals surface area contributed by atoms with Crippen LogP contribution in [-0.4, -0.2) is 22.5 Å². The van der Waals surface area contributed by atoms with Gasteiger partial charge in [-0.3, -0.25) is 14.9 Å². The van der Waals surface area contributed by atoms with E-state index >= 15 is 0 Å². The average molecular weight is 266 g/mol. The number of nitro benzene ring substituents is 1. The summed E-state index contributed by atoms with van der Waals surface area (Å²) in [4.78, 5) is 21.9. The van der Waals surface area contributed by atoms with E-state index in [0.717, 1.165) is 0 Å². The van der Waals surface area contributed by atoms with Gasteiger partial charge in [-0.15, -0.1) is 0 Å². The number of ether oxygens (including phenoxy) is 1. The number of carbonyl (C=O) groups is 1. The van der Waals surface area contributed by atoms with Crippen LogP contribution in [0.2, 0.25) is 0 Å². The number of hydrogen-bond acceptors (Lipinski definition) is 4. The highest BCUT2D eigenvalue weighted by molar-refractivity contribution is 5.81. The lowest BCUT2D eigenvalue weighted by Gasteiger charge is -2.23. The standard InChI is InChI=1S/C13H18N2O4/c1-9(12(16)14-13(2,3)4)19-11-7-5-6-10(8-11)15(17)18/h5-9H,1-4H3,(H,14,16)/t9-/m1/s1. The van der Waals surface area contributed by atoms with Crippen LogP contribution < -0.4 is 10.1 Å². The maximum atomic E-state index is 11.8. The van der Waals surface area contributed by atoms with Gasteiger partial charge in [-0.25, -0.2) is 0 Å². The molecular formula is C13H18N2O4. The predicted octanol–water partition coefficient (Wildman–Crippen LogP) is 2.28. The molecule has 0 saturated heterocycles. The quantitative estimate of drug-likeness (QED) is 0.669. The number of benzene rings is 1. The van der Waals surface area contributed by atoms with Crippen molar-refractivity contribution in [1.29, 1.82) is 0 Å². The lowest BCUT2D eigenvalue weighted by atomic mass is 10.1. The van der Waals surface area contributed by atoms with Gasteiger partial charge >= 0.3 is 0 Å². The first-order valence-electron chi connectivity index (χ1n) is 5.92. The smallest absolute Gasteiger partial charge is 0.273 e. The molecule has 6 nitrogen and oxygen atoms in total. The average Bonchev–Trinajstić information content (AvgIpc) is 2.27. The van der Waals surface area contributed by atoms with Crippen LogP contribution >= 0.6 is 0 Å². The van der Waals surface area contributed by atoms with Crippen LogP contribution in [0.3, 0.4) is 0 Å². The van der Waals surface area contributed by atoms with Gasteiger partial charge < -0.3 is 10.1 Å². The Morgan fingerprint density at radius 3 is 2.58 bits per heavy atom. The van der Waals surface area contributed by atoms with Crippen molar-refractivity contribution in [3.63, 3.8) is 0 Å². The molecule has 0 aliphatic heterocycles. The fraction of sp³-hybridized carbons (Fsp3) is 0.462. The molecule has 1 N–H and O–H groups in total. The molecule has 0 bridgehead atoms. The molecule has 1 aromatic carbocycles. The van der Waals surface area contributed by atoms with Crippen LogP contribution in [0, 0.1) is 10.1 Å². The van der Waals surface area contributed by atoms with E-state index in [9.17, 15) is 14.9 Å². The zero-order valence-electron chi connectivity index (χ0n) is 11.5. The zero-order chi connectivity index (χ0) is 14.6. The highest BCUT2D eigenvalue weighted by atomic mass is 16.6. The molecule has 0 unspecified atom stereocenters. The van der Waals surface area contributed by atoms with Crippen molar-refractivity contribution in [2.75, 3.05) is 0 Å². The fourth-order valence-corrected chi connectivity index (χ4v) is 1.40. The van der Waals surface area contributed by atoms with E-state index in [1.165, 1.54) is 18.2 Å². The molecular weight excluding hydrogens is 248 g/mol. The number of carbonyl (C=O) groups excluding carboxylic acids is 1. The predicted molar refractivity (Wildman–Crippen MR) is 71.1 cm³/mol. The molecule has 6 heteroatoms. The maximum absolute atomic E-state index is 11.8. The molecule has 1 amide bonds. The Morgan fingerprint density at radius 1 is 1.42 bits per heavy atom. The van der Waals surface area contributed by atoms with Gasteiger partial charge in [-0.1, -0.05) is 6.07 Å². The van der Waals surface area contributed by atoms with Gasteiger partial charge in [0, 0.05) is 11.6 Å². The molecule has 0 saturated carbocycles. The molecule has 0 aliphatic carbocycles. The lowest BCUT2D eigenvalue weighted by Crippen LogP contribution is -2.46. The topological polar surface area (TPSA) is 81.5 Å². The van der Waals surface area contributed by atoms with Crippen molar-refractivity contribution in [2.45, 2.75) is 39.3 Å². The van der Waals surface area contributed by atoms with Crippen molar-refractivity contribution >= 4 is 11.6 Å². The van der Waals surface area contributed by atoms with Crippen LogP contribution in [0.4, 0.5) is 5.69 Å². The minimum Gasteiger partial charge on any atom is -0.481 e. The molecule has 0 aliphatic rings. The summed E-state index contributed by atoms with van der Waals surface area (Å²) in [6.45, 7) is 7.20. The minimum absolute atomic E-state index is 0.0686. The van der Waals surface area contributed by atoms with Gasteiger partial charge in [0.2, 0.25) is 0 Å². The molecule has 0 spiro atoms. The van der Waals surface area contributed by atoms with Crippen LogP contribution in [0.5, 0.6) is 5.75 Å². The van der Waals surface area contributed by atoms with Crippen LogP contribution in [-0.2, 0) is 4.79 Å². The zero-order valence-corrected chi connectivity index (χ0v) is 11.5. The summed E-state index contributed by atoms with van der Waals surface area (Å²) in [5.74, 6) is 0.0322. The van der Waals surface area contributed by atoms with Crippen LogP contribution in [0.25, 0.3) is 0 Å². The summed E-state index contributed by atoms with van der Waals surface area (Å²) in [6.07, 6.45) is -0.721. The molecule has 0 fully saturated rings. The minimum atomic E-state index is -0.721. The molecule has 1 rings (SSSR count). The SMILES string of the molecule is C[C@@H](Oc1cccc([N+](=O)[O-])c1)C(=O)NC(C)(C)C. The Labute approximate surface area is 111 Å². The van der Waals surface area contributed by atoms with Crippen LogP contribution in [0.15, 0.2) is 24.3 Å². The first kappa shape index (κ1) is 14.9. The van der Waals surface area contributed by atoms with Crippen molar-refractivity contribution in [1.82, 2.24) is 5.32 Å². The maximum Gasteiger partial charge on any atom is 0.273 e. The Balaban J connectivity index is 2.71. The number of amides is 1. The molecule has 1 atom stereocenters. The Hall–Kier alpha value is -2.11. The normalized spacial score (nSPS) is 12.6. The number of hydrogen-bond donors (Lipinski definition) is 1. The van der Waals surface area contributed by atoms with Crippen LogP contribution in [0.1, 0.15) is 27.7 Å². The third-order valence-corrected chi connectivity index (χ3v) is 2.21. The summed E-state index contributed by atoms with van der Waals surface area (Å²) in [7, 11) is 0. The first-order valence-corrected chi connectivity index (χ1v) is 5.92. The second-order valence-electron chi connectivity index (χ2n) is 5.25. The van der Waals surface area contributed by atoms with Crippen molar-refractivity contribution in [2.24, 2.45) is 0 Å². The van der Waals surface area contributed by atoms with Crippen molar-refractivity contribution < 1.29 is 14.5 Å². The number of nitrogens with one attached hydrogen (secondary N) is 1. The van der Waals surface area contributed by atoms with E-state index in [1.54, 1.807) is 13.0 Å². The summed E-state index contributed by atoms with van der Waals surface area (Å²) >= 11 is 0. The largest absolute Gasteiger partial charge is 0.481 e. The second kappa shape index (κ2) is 5.69. The van der Waals surface area contributed by atoms with E-state index in [1.807, 2.05) is 20.8 Å². The molecule has 0 radical (unpaired) electrons. The van der Waals surface area contributed by atoms with E-state index in [-0.39, 0.29) is 17.1 Å². The number of rotatable bonds is 4. The Morgan fingerprint density at radius 2 is 2.05 bits per heavy atom. The summed E-state index contributed by atoms with van der Waals surface area (Å²) in [6, 6.07) is 5.75. The lowest BCUT2D eigenvalue weighted by molar-refractivity contribution is -0.384. The van der Waals surface area contributed by atoms with E-state index < -0.39 is 11.0 Å². The van der Waals surface area contributed by atoms with Crippen molar-refractivity contribution in [3.05, 3.63) is 34.4 Å². The Kier molecular flexibility index (Phi) is 4.47. The van der Waals surface area contributed by atoms with Gasteiger partial charge in [0.05, 0.1) is 11.0 Å². The fourth-order valence-electron chi connectivity index (χ4n) is 1.40. The van der Waals surface area contributed by atoms with Gasteiger partial charge in [-0.2, -0.15) is 0 Å². The highest BCUT2D eigenvalue weighted by Crippen LogP contribution is 2.20. The van der Waals surface area contributed by atoms with Gasteiger partial charge in [0.1, 0.15) is 5.75 Å². The number of non-ortho nitro benzene ring substituents is 1. The summed E-state index contributed by atoms with van der Waals surface area (Å²) in [5.41, 5.74) is -0.418. The van der Waals surface area contributed by atoms with Crippen molar-refractivity contribution in [3.8, 4) is 5.75 Å². The number of nitro groups is 1. The highest BCUT2D eigenvalue weighted by Gasteiger charge is 2.21. The van der Waals surface area contributed by atoms with Gasteiger partial charge in [-0.05, 0) is 33.8 Å². The monoisotopic (exact) mass is 266 g/mol.